The molecule has 0 bridgehead atoms. The summed E-state index contributed by atoms with van der Waals surface area (Å²) in [6.45, 7) is 3.95. The minimum Gasteiger partial charge on any atom is -0.480 e. The fourth-order valence-electron chi connectivity index (χ4n) is 5.47. The molecule has 0 spiro atoms. The SMILES string of the molecule is CC(=O)OC[C@H]1O[C@@H](SCC(NC(=O)OCC2c3ccccc3-c3ccccc32)C(=O)O)[C@H](OC(C)=O)[C@@H](OC(C)=O)[C@@H]1OC(C)=O. The van der Waals surface area contributed by atoms with E-state index >= 15 is 0 Å². The normalized spacial score (nSPS) is 22.1. The van der Waals surface area contributed by atoms with Crippen molar-refractivity contribution in [1.82, 2.24) is 5.32 Å². The summed E-state index contributed by atoms with van der Waals surface area (Å²) < 4.78 is 32.7. The number of fused-ring (bicyclic) bond motifs is 3. The van der Waals surface area contributed by atoms with Crippen molar-refractivity contribution in [1.29, 1.82) is 0 Å². The van der Waals surface area contributed by atoms with E-state index in [0.29, 0.717) is 0 Å². The quantitative estimate of drug-likeness (QED) is 0.247. The summed E-state index contributed by atoms with van der Waals surface area (Å²) in [5, 5.41) is 12.3. The number of carbonyl (C=O) groups is 6. The third-order valence-corrected chi connectivity index (χ3v) is 8.54. The van der Waals surface area contributed by atoms with Crippen molar-refractivity contribution in [2.75, 3.05) is 19.0 Å². The van der Waals surface area contributed by atoms with Crippen LogP contribution in [-0.2, 0) is 52.4 Å². The summed E-state index contributed by atoms with van der Waals surface area (Å²) in [4.78, 5) is 72.6. The number of carboxylic acid groups (broad SMARTS) is 1. The lowest BCUT2D eigenvalue weighted by atomic mass is 9.98. The van der Waals surface area contributed by atoms with E-state index in [1.54, 1.807) is 0 Å². The first-order valence-electron chi connectivity index (χ1n) is 14.6. The molecule has 1 heterocycles. The molecule has 15 heteroatoms. The van der Waals surface area contributed by atoms with Crippen molar-refractivity contribution >= 4 is 47.7 Å². The van der Waals surface area contributed by atoms with Crippen LogP contribution in [0.25, 0.3) is 11.1 Å². The Kier molecular flexibility index (Phi) is 11.8. The highest BCUT2D eigenvalue weighted by molar-refractivity contribution is 7.99. The zero-order valence-electron chi connectivity index (χ0n) is 26.0. The first-order chi connectivity index (χ1) is 22.3. The van der Waals surface area contributed by atoms with Crippen molar-refractivity contribution in [3.63, 3.8) is 0 Å². The van der Waals surface area contributed by atoms with Crippen LogP contribution in [0.2, 0.25) is 0 Å². The van der Waals surface area contributed by atoms with E-state index in [0.717, 1.165) is 61.7 Å². The molecule has 1 aliphatic carbocycles. The molecule has 1 amide bonds. The van der Waals surface area contributed by atoms with Gasteiger partial charge in [-0.25, -0.2) is 9.59 Å². The van der Waals surface area contributed by atoms with Gasteiger partial charge in [-0.05, 0) is 22.3 Å². The van der Waals surface area contributed by atoms with Crippen LogP contribution in [0.1, 0.15) is 44.7 Å². The van der Waals surface area contributed by atoms with Crippen molar-refractivity contribution in [2.24, 2.45) is 0 Å². The van der Waals surface area contributed by atoms with E-state index in [4.69, 9.17) is 28.4 Å². The summed E-state index contributed by atoms with van der Waals surface area (Å²) in [6.07, 6.45) is -6.32. The standard InChI is InChI=1S/C32H35NO13S/c1-16(34)41-14-26-27(43-17(2)35)28(44-18(3)36)29(45-19(4)37)31(46-26)47-15-25(30(38)39)33-32(40)42-13-24-22-11-7-5-9-20(22)21-10-6-8-12-23(21)24/h5-12,24-29,31H,13-15H2,1-4H3,(H,33,40)(H,38,39)/t25?,26-,27-,28+,29-,31+/m1/s1. The van der Waals surface area contributed by atoms with Gasteiger partial charge in [0.2, 0.25) is 0 Å². The number of benzene rings is 2. The Morgan fingerprint density at radius 1 is 0.745 bits per heavy atom. The maximum atomic E-state index is 12.9. The van der Waals surface area contributed by atoms with Crippen LogP contribution in [0.15, 0.2) is 48.5 Å². The minimum absolute atomic E-state index is 0.0426. The summed E-state index contributed by atoms with van der Waals surface area (Å²) in [6, 6.07) is 14.0. The van der Waals surface area contributed by atoms with E-state index in [-0.39, 0.29) is 18.3 Å². The van der Waals surface area contributed by atoms with Crippen LogP contribution in [0.3, 0.4) is 0 Å². The second kappa shape index (κ2) is 15.8. The molecule has 1 unspecified atom stereocenters. The lowest BCUT2D eigenvalue weighted by Crippen LogP contribution is -2.61. The number of amides is 1. The largest absolute Gasteiger partial charge is 0.480 e. The van der Waals surface area contributed by atoms with Crippen LogP contribution in [0.4, 0.5) is 4.79 Å². The van der Waals surface area contributed by atoms with Gasteiger partial charge in [-0.1, -0.05) is 48.5 Å². The monoisotopic (exact) mass is 673 g/mol. The molecule has 0 radical (unpaired) electrons. The molecule has 2 N–H and O–H groups in total. The first-order valence-corrected chi connectivity index (χ1v) is 15.7. The summed E-state index contributed by atoms with van der Waals surface area (Å²) in [5.74, 6) is -5.03. The van der Waals surface area contributed by atoms with E-state index in [1.807, 2.05) is 48.5 Å². The Labute approximate surface area is 274 Å². The van der Waals surface area contributed by atoms with Crippen LogP contribution in [-0.4, -0.2) is 95.9 Å². The number of ether oxygens (including phenoxy) is 6. The fraction of sp³-hybridized carbons (Fsp3) is 0.438. The number of nitrogens with one attached hydrogen (secondary N) is 1. The Morgan fingerprint density at radius 2 is 1.28 bits per heavy atom. The molecular weight excluding hydrogens is 638 g/mol. The Morgan fingerprint density at radius 3 is 1.81 bits per heavy atom. The second-order valence-corrected chi connectivity index (χ2v) is 11.9. The zero-order valence-corrected chi connectivity index (χ0v) is 26.9. The molecule has 1 aliphatic heterocycles. The van der Waals surface area contributed by atoms with Crippen molar-refractivity contribution < 1.29 is 62.3 Å². The maximum Gasteiger partial charge on any atom is 0.407 e. The number of hydrogen-bond donors (Lipinski definition) is 2. The molecular formula is C32H35NO13S. The van der Waals surface area contributed by atoms with Gasteiger partial charge in [0, 0.05) is 39.4 Å². The molecule has 6 atom stereocenters. The van der Waals surface area contributed by atoms with Gasteiger partial charge in [-0.15, -0.1) is 11.8 Å². The van der Waals surface area contributed by atoms with Gasteiger partial charge in [0.25, 0.3) is 0 Å². The van der Waals surface area contributed by atoms with Gasteiger partial charge in [-0.2, -0.15) is 0 Å². The van der Waals surface area contributed by atoms with E-state index in [9.17, 15) is 33.9 Å². The molecule has 2 aliphatic rings. The highest BCUT2D eigenvalue weighted by atomic mass is 32.2. The number of aliphatic carboxylic acids is 1. The Bertz CT molecular complexity index is 1470. The van der Waals surface area contributed by atoms with Crippen LogP contribution < -0.4 is 5.32 Å². The number of thioether (sulfide) groups is 1. The third kappa shape index (κ3) is 9.01. The van der Waals surface area contributed by atoms with Crippen molar-refractivity contribution in [3.8, 4) is 11.1 Å². The van der Waals surface area contributed by atoms with Gasteiger partial charge >= 0.3 is 35.9 Å². The molecule has 4 rings (SSSR count). The number of rotatable bonds is 12. The Balaban J connectivity index is 1.48. The molecule has 252 valence electrons. The molecule has 2 aromatic rings. The third-order valence-electron chi connectivity index (χ3n) is 7.31. The van der Waals surface area contributed by atoms with E-state index in [2.05, 4.69) is 5.32 Å². The summed E-state index contributed by atoms with van der Waals surface area (Å²) in [7, 11) is 0. The smallest absolute Gasteiger partial charge is 0.407 e. The molecule has 2 aromatic carbocycles. The van der Waals surface area contributed by atoms with Crippen molar-refractivity contribution in [2.45, 2.75) is 69.5 Å². The minimum atomic E-state index is -1.50. The lowest BCUT2D eigenvalue weighted by molar-refractivity contribution is -0.237. The topological polar surface area (TPSA) is 190 Å². The highest BCUT2D eigenvalue weighted by Gasteiger charge is 2.52. The first kappa shape index (κ1) is 35.2. The van der Waals surface area contributed by atoms with Crippen molar-refractivity contribution in [3.05, 3.63) is 59.7 Å². The second-order valence-electron chi connectivity index (χ2n) is 10.8. The fourth-order valence-corrected chi connectivity index (χ4v) is 6.70. The predicted octanol–water partition coefficient (Wildman–Crippen LogP) is 2.79. The van der Waals surface area contributed by atoms with E-state index < -0.39 is 78.4 Å². The van der Waals surface area contributed by atoms with Gasteiger partial charge in [0.1, 0.15) is 30.8 Å². The predicted molar refractivity (Wildman–Crippen MR) is 164 cm³/mol. The lowest BCUT2D eigenvalue weighted by Gasteiger charge is -2.44. The molecule has 0 saturated carbocycles. The highest BCUT2D eigenvalue weighted by Crippen LogP contribution is 2.44. The van der Waals surface area contributed by atoms with Gasteiger partial charge in [0.15, 0.2) is 18.3 Å². The maximum absolute atomic E-state index is 12.9. The van der Waals surface area contributed by atoms with Gasteiger partial charge < -0.3 is 38.8 Å². The molecule has 47 heavy (non-hydrogen) atoms. The number of alkyl carbamates (subject to hydrolysis) is 1. The average molecular weight is 674 g/mol. The van der Waals surface area contributed by atoms with Crippen LogP contribution in [0, 0.1) is 0 Å². The molecule has 1 fully saturated rings. The number of carbonyl (C=O) groups excluding carboxylic acids is 5. The Hall–Kier alpha value is -4.63. The number of carboxylic acids is 1. The molecule has 1 saturated heterocycles. The summed E-state index contributed by atoms with van der Waals surface area (Å²) in [5.41, 5.74) is 2.80. The van der Waals surface area contributed by atoms with Gasteiger partial charge in [-0.3, -0.25) is 19.2 Å². The number of esters is 4. The van der Waals surface area contributed by atoms with E-state index in [1.165, 1.54) is 0 Å². The number of hydrogen-bond acceptors (Lipinski definition) is 13. The summed E-state index contributed by atoms with van der Waals surface area (Å²) >= 11 is 0.818. The van der Waals surface area contributed by atoms with Gasteiger partial charge in [0.05, 0.1) is 0 Å². The molecule has 14 nitrogen and oxygen atoms in total. The molecule has 0 aromatic heterocycles. The van der Waals surface area contributed by atoms with Crippen LogP contribution >= 0.6 is 11.8 Å². The van der Waals surface area contributed by atoms with Crippen LogP contribution in [0.5, 0.6) is 0 Å². The zero-order chi connectivity index (χ0) is 34.2. The average Bonchev–Trinajstić information content (AvgIpc) is 3.32.